The van der Waals surface area contributed by atoms with Crippen molar-refractivity contribution < 1.29 is 0 Å². The quantitative estimate of drug-likeness (QED) is 0.544. The number of fused-ring (bicyclic) bond motifs is 3. The van der Waals surface area contributed by atoms with E-state index in [2.05, 4.69) is 58.3 Å². The molecule has 0 unspecified atom stereocenters. The smallest absolute Gasteiger partial charge is 0.186 e. The van der Waals surface area contributed by atoms with Crippen LogP contribution in [0.1, 0.15) is 54.2 Å². The molecule has 2 heterocycles. The third-order valence-corrected chi connectivity index (χ3v) is 6.00. The first-order valence-electron chi connectivity index (χ1n) is 8.94. The van der Waals surface area contributed by atoms with Crippen LogP contribution in [0.3, 0.4) is 0 Å². The zero-order valence-electron chi connectivity index (χ0n) is 14.7. The summed E-state index contributed by atoms with van der Waals surface area (Å²) >= 11 is 1.80. The molecule has 4 nitrogen and oxygen atoms in total. The fourth-order valence-corrected chi connectivity index (χ4v) is 4.56. The second-order valence-corrected chi connectivity index (χ2v) is 7.97. The summed E-state index contributed by atoms with van der Waals surface area (Å²) in [5, 5.41) is 9.98. The summed E-state index contributed by atoms with van der Waals surface area (Å²) in [4.78, 5) is 11.3. The van der Waals surface area contributed by atoms with Crippen LogP contribution in [-0.4, -0.2) is 9.97 Å². The Hall–Kier alpha value is -2.14. The number of nitrogens with zero attached hydrogens (tertiary/aromatic N) is 4. The van der Waals surface area contributed by atoms with Crippen LogP contribution in [0.2, 0.25) is 0 Å². The maximum absolute atomic E-state index is 4.45. The van der Waals surface area contributed by atoms with Gasteiger partial charge in [0.25, 0.3) is 0 Å². The van der Waals surface area contributed by atoms with Crippen LogP contribution in [0, 0.1) is 0 Å². The predicted octanol–water partition coefficient (Wildman–Crippen LogP) is 5.98. The van der Waals surface area contributed by atoms with E-state index in [-0.39, 0.29) is 0 Å². The van der Waals surface area contributed by atoms with Gasteiger partial charge in [-0.05, 0) is 48.3 Å². The highest BCUT2D eigenvalue weighted by molar-refractivity contribution is 7.18. The average Bonchev–Trinajstić information content (AvgIpc) is 3.01. The molecule has 25 heavy (non-hydrogen) atoms. The van der Waals surface area contributed by atoms with Crippen LogP contribution < -0.4 is 0 Å². The van der Waals surface area contributed by atoms with Crippen molar-refractivity contribution in [3.05, 3.63) is 52.2 Å². The first-order valence-corrected chi connectivity index (χ1v) is 9.75. The largest absolute Gasteiger partial charge is 0.225 e. The van der Waals surface area contributed by atoms with Crippen LogP contribution in [0.5, 0.6) is 0 Å². The van der Waals surface area contributed by atoms with E-state index in [1.807, 2.05) is 0 Å². The minimum absolute atomic E-state index is 0.551. The third kappa shape index (κ3) is 3.33. The van der Waals surface area contributed by atoms with Gasteiger partial charge in [0, 0.05) is 4.88 Å². The van der Waals surface area contributed by atoms with Gasteiger partial charge in [0.2, 0.25) is 0 Å². The fraction of sp³-hybridized carbons (Fsp3) is 0.400. The lowest BCUT2D eigenvalue weighted by Crippen LogP contribution is -1.98. The maximum atomic E-state index is 4.45. The van der Waals surface area contributed by atoms with Gasteiger partial charge in [-0.25, -0.2) is 9.97 Å². The van der Waals surface area contributed by atoms with Crippen LogP contribution in [0.25, 0.3) is 10.2 Å². The molecule has 0 saturated carbocycles. The van der Waals surface area contributed by atoms with E-state index in [0.29, 0.717) is 12.5 Å². The van der Waals surface area contributed by atoms with Crippen molar-refractivity contribution in [2.45, 2.75) is 52.0 Å². The lowest BCUT2D eigenvalue weighted by Gasteiger charge is -2.10. The topological polar surface area (TPSA) is 50.5 Å². The van der Waals surface area contributed by atoms with Crippen LogP contribution >= 0.6 is 11.3 Å². The minimum atomic E-state index is 0.551. The second kappa shape index (κ2) is 7.00. The summed E-state index contributed by atoms with van der Waals surface area (Å²) in [6.45, 7) is 4.99. The summed E-state index contributed by atoms with van der Waals surface area (Å²) in [5.41, 5.74) is 3.93. The SMILES string of the molecule is CC(C)c1ccc(CN=Nc2ncnc3sc4c(c23)CCCC4)cc1. The van der Waals surface area contributed by atoms with Gasteiger partial charge in [0.1, 0.15) is 11.2 Å². The van der Waals surface area contributed by atoms with E-state index in [9.17, 15) is 0 Å². The molecule has 3 aromatic rings. The monoisotopic (exact) mass is 350 g/mol. The predicted molar refractivity (Wildman–Crippen MR) is 103 cm³/mol. The molecular formula is C20H22N4S. The van der Waals surface area contributed by atoms with Crippen LogP contribution in [0.4, 0.5) is 5.82 Å². The van der Waals surface area contributed by atoms with Crippen molar-refractivity contribution in [2.24, 2.45) is 10.2 Å². The van der Waals surface area contributed by atoms with E-state index in [1.165, 1.54) is 34.4 Å². The first-order chi connectivity index (χ1) is 12.2. The molecule has 0 aliphatic heterocycles. The molecule has 0 bridgehead atoms. The Morgan fingerprint density at radius 1 is 1.08 bits per heavy atom. The molecule has 0 atom stereocenters. The van der Waals surface area contributed by atoms with E-state index in [1.54, 1.807) is 17.7 Å². The molecule has 1 aromatic carbocycles. The molecule has 2 aromatic heterocycles. The van der Waals surface area contributed by atoms with E-state index >= 15 is 0 Å². The molecule has 0 fully saturated rings. The zero-order valence-corrected chi connectivity index (χ0v) is 15.5. The lowest BCUT2D eigenvalue weighted by molar-refractivity contribution is 0.700. The molecule has 0 N–H and O–H groups in total. The highest BCUT2D eigenvalue weighted by Crippen LogP contribution is 2.39. The maximum Gasteiger partial charge on any atom is 0.186 e. The Kier molecular flexibility index (Phi) is 4.57. The van der Waals surface area contributed by atoms with E-state index in [0.717, 1.165) is 28.9 Å². The molecule has 128 valence electrons. The number of aromatic nitrogens is 2. The highest BCUT2D eigenvalue weighted by Gasteiger charge is 2.19. The Morgan fingerprint density at radius 3 is 2.68 bits per heavy atom. The molecule has 0 amide bonds. The summed E-state index contributed by atoms with van der Waals surface area (Å²) in [5.74, 6) is 1.28. The standard InChI is InChI=1S/C20H22N4S/c1-13(2)15-9-7-14(8-10-15)11-23-24-19-18-16-5-3-4-6-17(16)25-20(18)22-12-21-19/h7-10,12-13H,3-6,11H2,1-2H3. The van der Waals surface area contributed by atoms with Gasteiger partial charge in [-0.15, -0.1) is 16.5 Å². The summed E-state index contributed by atoms with van der Waals surface area (Å²) in [7, 11) is 0. The Bertz CT molecular complexity index is 909. The summed E-state index contributed by atoms with van der Waals surface area (Å²) < 4.78 is 0. The number of aryl methyl sites for hydroxylation is 2. The van der Waals surface area contributed by atoms with Gasteiger partial charge in [-0.2, -0.15) is 5.11 Å². The van der Waals surface area contributed by atoms with E-state index in [4.69, 9.17) is 0 Å². The number of azo groups is 1. The summed E-state index contributed by atoms with van der Waals surface area (Å²) in [6, 6.07) is 8.62. The second-order valence-electron chi connectivity index (χ2n) is 6.88. The minimum Gasteiger partial charge on any atom is -0.225 e. The number of hydrogen-bond donors (Lipinski definition) is 0. The molecule has 4 rings (SSSR count). The number of thiophene rings is 1. The molecular weight excluding hydrogens is 328 g/mol. The zero-order chi connectivity index (χ0) is 17.2. The Labute approximate surface area is 152 Å². The summed E-state index contributed by atoms with van der Waals surface area (Å²) in [6.07, 6.45) is 6.40. The van der Waals surface area contributed by atoms with Crippen molar-refractivity contribution in [1.29, 1.82) is 0 Å². The normalized spacial score (nSPS) is 14.5. The number of rotatable bonds is 4. The van der Waals surface area contributed by atoms with Gasteiger partial charge in [-0.1, -0.05) is 38.1 Å². The Morgan fingerprint density at radius 2 is 1.88 bits per heavy atom. The number of benzene rings is 1. The Balaban J connectivity index is 1.58. The van der Waals surface area contributed by atoms with E-state index < -0.39 is 0 Å². The molecule has 0 spiro atoms. The third-order valence-electron chi connectivity index (χ3n) is 4.80. The molecule has 0 saturated heterocycles. The van der Waals surface area contributed by atoms with Gasteiger partial charge >= 0.3 is 0 Å². The highest BCUT2D eigenvalue weighted by atomic mass is 32.1. The molecule has 0 radical (unpaired) electrons. The van der Waals surface area contributed by atoms with Crippen molar-refractivity contribution in [3.8, 4) is 0 Å². The van der Waals surface area contributed by atoms with Gasteiger partial charge in [0.15, 0.2) is 5.82 Å². The van der Waals surface area contributed by atoms with Crippen LogP contribution in [0.15, 0.2) is 40.8 Å². The van der Waals surface area contributed by atoms with Crippen molar-refractivity contribution >= 4 is 27.4 Å². The van der Waals surface area contributed by atoms with Crippen molar-refractivity contribution in [2.75, 3.05) is 0 Å². The first kappa shape index (κ1) is 16.3. The van der Waals surface area contributed by atoms with Crippen LogP contribution in [-0.2, 0) is 19.4 Å². The fourth-order valence-electron chi connectivity index (χ4n) is 3.34. The van der Waals surface area contributed by atoms with Gasteiger partial charge in [0.05, 0.1) is 11.9 Å². The van der Waals surface area contributed by atoms with Gasteiger partial charge in [-0.3, -0.25) is 0 Å². The van der Waals surface area contributed by atoms with Crippen molar-refractivity contribution in [3.63, 3.8) is 0 Å². The molecule has 5 heteroatoms. The van der Waals surface area contributed by atoms with Gasteiger partial charge < -0.3 is 0 Å². The number of hydrogen-bond acceptors (Lipinski definition) is 5. The lowest BCUT2D eigenvalue weighted by atomic mass is 9.97. The molecule has 1 aliphatic carbocycles. The van der Waals surface area contributed by atoms with Crippen molar-refractivity contribution in [1.82, 2.24) is 9.97 Å². The average molecular weight is 350 g/mol. The molecule has 1 aliphatic rings.